The molecule has 0 aromatic rings. The van der Waals surface area contributed by atoms with Gasteiger partial charge in [0.05, 0.1) is 13.0 Å². The number of rotatable bonds is 6. The van der Waals surface area contributed by atoms with E-state index in [1.807, 2.05) is 0 Å². The number of hydrogen-bond acceptors (Lipinski definition) is 4. The van der Waals surface area contributed by atoms with Crippen LogP contribution in [0.5, 0.6) is 0 Å². The molecule has 13 heavy (non-hydrogen) atoms. The molecule has 2 unspecified atom stereocenters. The quantitative estimate of drug-likeness (QED) is 0.340. The second kappa shape index (κ2) is 5.19. The molecule has 0 aliphatic carbocycles. The van der Waals surface area contributed by atoms with Crippen LogP contribution in [0.15, 0.2) is 0 Å². The SMILES string of the molecule is COCCOC(=O)CCN1CC1C. The van der Waals surface area contributed by atoms with Crippen LogP contribution in [0, 0.1) is 0 Å². The second-order valence-corrected chi connectivity index (χ2v) is 3.31. The van der Waals surface area contributed by atoms with Crippen molar-refractivity contribution in [3.63, 3.8) is 0 Å². The first-order valence-corrected chi connectivity index (χ1v) is 4.62. The third-order valence-electron chi connectivity index (χ3n) is 2.14. The molecular formula is C9H17NO3. The van der Waals surface area contributed by atoms with Crippen molar-refractivity contribution in [2.45, 2.75) is 19.4 Å². The van der Waals surface area contributed by atoms with E-state index in [1.54, 1.807) is 7.11 Å². The van der Waals surface area contributed by atoms with Gasteiger partial charge in [-0.25, -0.2) is 0 Å². The summed E-state index contributed by atoms with van der Waals surface area (Å²) in [5.74, 6) is -0.129. The maximum Gasteiger partial charge on any atom is 0.307 e. The van der Waals surface area contributed by atoms with Crippen LogP contribution >= 0.6 is 0 Å². The van der Waals surface area contributed by atoms with Gasteiger partial charge in [0.2, 0.25) is 0 Å². The number of nitrogens with zero attached hydrogens (tertiary/aromatic N) is 1. The Bertz CT molecular complexity index is 172. The molecule has 0 aromatic carbocycles. The topological polar surface area (TPSA) is 38.5 Å². The largest absolute Gasteiger partial charge is 0.463 e. The van der Waals surface area contributed by atoms with Gasteiger partial charge < -0.3 is 9.47 Å². The lowest BCUT2D eigenvalue weighted by Crippen LogP contribution is -2.14. The van der Waals surface area contributed by atoms with Crippen LogP contribution in [-0.4, -0.2) is 50.3 Å². The van der Waals surface area contributed by atoms with Gasteiger partial charge in [-0.05, 0) is 6.92 Å². The van der Waals surface area contributed by atoms with Gasteiger partial charge in [0.1, 0.15) is 6.61 Å². The molecule has 1 aliphatic rings. The molecule has 0 radical (unpaired) electrons. The Kier molecular flexibility index (Phi) is 4.18. The van der Waals surface area contributed by atoms with Crippen molar-refractivity contribution in [1.29, 1.82) is 0 Å². The zero-order valence-corrected chi connectivity index (χ0v) is 8.28. The molecule has 1 heterocycles. The number of ether oxygens (including phenoxy) is 2. The minimum atomic E-state index is -0.129. The average molecular weight is 187 g/mol. The van der Waals surface area contributed by atoms with E-state index in [0.717, 1.165) is 13.1 Å². The zero-order valence-electron chi connectivity index (χ0n) is 8.28. The summed E-state index contributed by atoms with van der Waals surface area (Å²) in [6, 6.07) is 0.659. The van der Waals surface area contributed by atoms with Gasteiger partial charge in [0, 0.05) is 26.2 Å². The lowest BCUT2D eigenvalue weighted by Gasteiger charge is -2.04. The molecule has 0 bridgehead atoms. The van der Waals surface area contributed by atoms with E-state index in [4.69, 9.17) is 9.47 Å². The van der Waals surface area contributed by atoms with Crippen molar-refractivity contribution in [3.05, 3.63) is 0 Å². The highest BCUT2D eigenvalue weighted by Crippen LogP contribution is 2.15. The van der Waals surface area contributed by atoms with E-state index in [9.17, 15) is 4.79 Å². The van der Waals surface area contributed by atoms with E-state index in [1.165, 1.54) is 0 Å². The predicted molar refractivity (Wildman–Crippen MR) is 48.5 cm³/mol. The molecule has 0 spiro atoms. The van der Waals surface area contributed by atoms with Gasteiger partial charge in [-0.2, -0.15) is 0 Å². The fourth-order valence-electron chi connectivity index (χ4n) is 1.15. The molecule has 76 valence electrons. The first-order valence-electron chi connectivity index (χ1n) is 4.62. The van der Waals surface area contributed by atoms with Crippen LogP contribution in [0.3, 0.4) is 0 Å². The van der Waals surface area contributed by atoms with Gasteiger partial charge in [-0.15, -0.1) is 0 Å². The third-order valence-corrected chi connectivity index (χ3v) is 2.14. The Labute approximate surface area is 78.8 Å². The van der Waals surface area contributed by atoms with Crippen molar-refractivity contribution in [2.75, 3.05) is 33.4 Å². The Morgan fingerprint density at radius 2 is 2.23 bits per heavy atom. The first-order chi connectivity index (χ1) is 6.24. The summed E-state index contributed by atoms with van der Waals surface area (Å²) in [6.07, 6.45) is 0.494. The Morgan fingerprint density at radius 1 is 1.54 bits per heavy atom. The number of methoxy groups -OCH3 is 1. The van der Waals surface area contributed by atoms with Crippen molar-refractivity contribution in [2.24, 2.45) is 0 Å². The fraction of sp³-hybridized carbons (Fsp3) is 0.889. The van der Waals surface area contributed by atoms with Gasteiger partial charge in [0.25, 0.3) is 0 Å². The lowest BCUT2D eigenvalue weighted by atomic mass is 10.4. The highest BCUT2D eigenvalue weighted by Gasteiger charge is 2.28. The Morgan fingerprint density at radius 3 is 2.77 bits per heavy atom. The summed E-state index contributed by atoms with van der Waals surface area (Å²) < 4.78 is 9.66. The predicted octanol–water partition coefficient (Wildman–Crippen LogP) is 0.270. The average Bonchev–Trinajstić information content (AvgIpc) is 2.79. The molecule has 0 N–H and O–H groups in total. The summed E-state index contributed by atoms with van der Waals surface area (Å²) >= 11 is 0. The van der Waals surface area contributed by atoms with Crippen LogP contribution in [0.2, 0.25) is 0 Å². The van der Waals surface area contributed by atoms with Gasteiger partial charge >= 0.3 is 5.97 Å². The highest BCUT2D eigenvalue weighted by atomic mass is 16.6. The van der Waals surface area contributed by atoms with Crippen LogP contribution in [0.1, 0.15) is 13.3 Å². The normalized spacial score (nSPS) is 25.7. The third kappa shape index (κ3) is 4.24. The molecule has 0 aromatic heterocycles. The molecule has 1 rings (SSSR count). The van der Waals surface area contributed by atoms with E-state index in [0.29, 0.717) is 25.7 Å². The molecule has 1 fully saturated rings. The minimum absolute atomic E-state index is 0.129. The number of hydrogen-bond donors (Lipinski definition) is 0. The molecule has 4 heteroatoms. The van der Waals surface area contributed by atoms with Crippen molar-refractivity contribution < 1.29 is 14.3 Å². The molecule has 1 saturated heterocycles. The van der Waals surface area contributed by atoms with Crippen molar-refractivity contribution in [3.8, 4) is 0 Å². The lowest BCUT2D eigenvalue weighted by molar-refractivity contribution is -0.145. The van der Waals surface area contributed by atoms with Crippen LogP contribution < -0.4 is 0 Å². The molecular weight excluding hydrogens is 170 g/mol. The zero-order chi connectivity index (χ0) is 9.68. The number of carbonyl (C=O) groups is 1. The van der Waals surface area contributed by atoms with Crippen molar-refractivity contribution >= 4 is 5.97 Å². The monoisotopic (exact) mass is 187 g/mol. The van der Waals surface area contributed by atoms with E-state index < -0.39 is 0 Å². The molecule has 2 atom stereocenters. The van der Waals surface area contributed by atoms with E-state index in [2.05, 4.69) is 11.8 Å². The molecule has 4 nitrogen and oxygen atoms in total. The molecule has 0 amide bonds. The van der Waals surface area contributed by atoms with Gasteiger partial charge in [0.15, 0.2) is 0 Å². The number of esters is 1. The van der Waals surface area contributed by atoms with Gasteiger partial charge in [-0.3, -0.25) is 9.69 Å². The maximum absolute atomic E-state index is 11.1. The summed E-state index contributed by atoms with van der Waals surface area (Å²) in [7, 11) is 1.59. The Balaban J connectivity index is 1.92. The molecule has 0 saturated carbocycles. The fourth-order valence-corrected chi connectivity index (χ4v) is 1.15. The highest BCUT2D eigenvalue weighted by molar-refractivity contribution is 5.69. The minimum Gasteiger partial charge on any atom is -0.463 e. The second-order valence-electron chi connectivity index (χ2n) is 3.31. The van der Waals surface area contributed by atoms with Crippen LogP contribution in [0.4, 0.5) is 0 Å². The standard InChI is InChI=1S/C9H17NO3/c1-8-7-10(8)4-3-9(11)13-6-5-12-2/h8H,3-7H2,1-2H3. The number of carbonyl (C=O) groups excluding carboxylic acids is 1. The van der Waals surface area contributed by atoms with Gasteiger partial charge in [-0.1, -0.05) is 0 Å². The van der Waals surface area contributed by atoms with E-state index in [-0.39, 0.29) is 5.97 Å². The van der Waals surface area contributed by atoms with E-state index >= 15 is 0 Å². The summed E-state index contributed by atoms with van der Waals surface area (Å²) in [4.78, 5) is 13.3. The summed E-state index contributed by atoms with van der Waals surface area (Å²) in [6.45, 7) is 4.94. The van der Waals surface area contributed by atoms with Crippen molar-refractivity contribution in [1.82, 2.24) is 4.90 Å². The molecule has 1 aliphatic heterocycles. The first kappa shape index (κ1) is 10.5. The smallest absolute Gasteiger partial charge is 0.307 e. The maximum atomic E-state index is 11.1. The summed E-state index contributed by atoms with van der Waals surface area (Å²) in [5, 5.41) is 0. The van der Waals surface area contributed by atoms with Crippen LogP contribution in [0.25, 0.3) is 0 Å². The van der Waals surface area contributed by atoms with Crippen LogP contribution in [-0.2, 0) is 14.3 Å². The Hall–Kier alpha value is -0.610. The summed E-state index contributed by atoms with van der Waals surface area (Å²) in [5.41, 5.74) is 0.